The SMILES string of the molecule is N=C(N)c1cc(-c2ccon2)n(Cc2ccc(F)s2)n1. The summed E-state index contributed by atoms with van der Waals surface area (Å²) in [4.78, 5) is 0.811. The first-order valence-electron chi connectivity index (χ1n) is 5.70. The average Bonchev–Trinajstić information content (AvgIpc) is 3.10. The van der Waals surface area contributed by atoms with Crippen molar-refractivity contribution < 1.29 is 8.91 Å². The Balaban J connectivity index is 2.02. The molecule has 0 fully saturated rings. The molecule has 0 radical (unpaired) electrons. The molecular weight excluding hydrogens is 281 g/mol. The largest absolute Gasteiger partial charge is 0.382 e. The predicted octanol–water partition coefficient (Wildman–Crippen LogP) is 2.07. The Morgan fingerprint density at radius 3 is 2.90 bits per heavy atom. The van der Waals surface area contributed by atoms with E-state index < -0.39 is 0 Å². The number of halogens is 1. The Kier molecular flexibility index (Phi) is 3.07. The van der Waals surface area contributed by atoms with E-state index in [0.29, 0.717) is 23.6 Å². The maximum atomic E-state index is 13.0. The van der Waals surface area contributed by atoms with Crippen LogP contribution in [0.3, 0.4) is 0 Å². The maximum Gasteiger partial charge on any atom is 0.176 e. The van der Waals surface area contributed by atoms with Gasteiger partial charge < -0.3 is 10.3 Å². The second-order valence-corrected chi connectivity index (χ2v) is 5.20. The number of hydrogen-bond acceptors (Lipinski definition) is 5. The van der Waals surface area contributed by atoms with Gasteiger partial charge in [0.25, 0.3) is 0 Å². The van der Waals surface area contributed by atoms with Crippen molar-refractivity contribution in [2.45, 2.75) is 6.54 Å². The molecule has 0 aliphatic heterocycles. The van der Waals surface area contributed by atoms with Crippen molar-refractivity contribution in [3.8, 4) is 11.4 Å². The summed E-state index contributed by atoms with van der Waals surface area (Å²) in [5.41, 5.74) is 7.05. The maximum absolute atomic E-state index is 13.0. The van der Waals surface area contributed by atoms with Crippen LogP contribution in [0.1, 0.15) is 10.6 Å². The smallest absolute Gasteiger partial charge is 0.176 e. The molecule has 0 aliphatic rings. The minimum absolute atomic E-state index is 0.133. The van der Waals surface area contributed by atoms with E-state index in [-0.39, 0.29) is 11.0 Å². The molecule has 3 aromatic heterocycles. The Hall–Kier alpha value is -2.48. The number of nitrogen functional groups attached to an aromatic ring is 1. The second kappa shape index (κ2) is 4.89. The highest BCUT2D eigenvalue weighted by molar-refractivity contribution is 7.10. The van der Waals surface area contributed by atoms with E-state index in [0.717, 1.165) is 16.2 Å². The number of rotatable bonds is 4. The van der Waals surface area contributed by atoms with Crippen LogP contribution in [0.5, 0.6) is 0 Å². The topological polar surface area (TPSA) is 93.7 Å². The molecule has 0 amide bonds. The molecule has 6 nitrogen and oxygen atoms in total. The first-order valence-corrected chi connectivity index (χ1v) is 6.52. The highest BCUT2D eigenvalue weighted by Gasteiger charge is 2.15. The molecule has 102 valence electrons. The first kappa shape index (κ1) is 12.5. The summed E-state index contributed by atoms with van der Waals surface area (Å²) in [5, 5.41) is 15.3. The molecule has 8 heteroatoms. The van der Waals surface area contributed by atoms with Crippen molar-refractivity contribution >= 4 is 17.2 Å². The number of thiophene rings is 1. The van der Waals surface area contributed by atoms with Gasteiger partial charge in [-0.05, 0) is 18.2 Å². The van der Waals surface area contributed by atoms with E-state index >= 15 is 0 Å². The molecule has 20 heavy (non-hydrogen) atoms. The second-order valence-electron chi connectivity index (χ2n) is 4.08. The summed E-state index contributed by atoms with van der Waals surface area (Å²) in [5.74, 6) is -0.133. The highest BCUT2D eigenvalue weighted by Crippen LogP contribution is 2.22. The van der Waals surface area contributed by atoms with E-state index in [1.165, 1.54) is 12.3 Å². The van der Waals surface area contributed by atoms with Gasteiger partial charge in [-0.1, -0.05) is 5.16 Å². The molecule has 3 N–H and O–H groups in total. The average molecular weight is 291 g/mol. The van der Waals surface area contributed by atoms with Crippen molar-refractivity contribution in [3.05, 3.63) is 46.2 Å². The van der Waals surface area contributed by atoms with Crippen LogP contribution in [0.2, 0.25) is 0 Å². The quantitative estimate of drug-likeness (QED) is 0.568. The van der Waals surface area contributed by atoms with Crippen LogP contribution in [0.4, 0.5) is 4.39 Å². The molecule has 0 aromatic carbocycles. The zero-order chi connectivity index (χ0) is 14.1. The van der Waals surface area contributed by atoms with Gasteiger partial charge in [-0.25, -0.2) is 0 Å². The minimum Gasteiger partial charge on any atom is -0.382 e. The lowest BCUT2D eigenvalue weighted by Gasteiger charge is -2.02. The van der Waals surface area contributed by atoms with E-state index in [1.807, 2.05) is 0 Å². The van der Waals surface area contributed by atoms with Gasteiger partial charge in [-0.15, -0.1) is 11.3 Å². The van der Waals surface area contributed by atoms with Crippen LogP contribution in [-0.4, -0.2) is 20.8 Å². The molecule has 3 heterocycles. The molecule has 0 spiro atoms. The third-order valence-corrected chi connectivity index (χ3v) is 3.55. The molecule has 0 aliphatic carbocycles. The lowest BCUT2D eigenvalue weighted by Crippen LogP contribution is -2.12. The van der Waals surface area contributed by atoms with Gasteiger partial charge in [0, 0.05) is 10.9 Å². The fourth-order valence-corrected chi connectivity index (χ4v) is 2.51. The van der Waals surface area contributed by atoms with Crippen LogP contribution in [0, 0.1) is 10.5 Å². The van der Waals surface area contributed by atoms with Gasteiger partial charge >= 0.3 is 0 Å². The summed E-state index contributed by atoms with van der Waals surface area (Å²) in [6.07, 6.45) is 1.45. The zero-order valence-electron chi connectivity index (χ0n) is 10.2. The van der Waals surface area contributed by atoms with Crippen LogP contribution in [-0.2, 0) is 6.54 Å². The van der Waals surface area contributed by atoms with Crippen LogP contribution in [0.15, 0.2) is 35.1 Å². The number of nitrogens with two attached hydrogens (primary N) is 1. The first-order chi connectivity index (χ1) is 9.63. The van der Waals surface area contributed by atoms with Gasteiger partial charge in [-0.3, -0.25) is 10.1 Å². The third kappa shape index (κ3) is 2.32. The highest BCUT2D eigenvalue weighted by atomic mass is 32.1. The number of aromatic nitrogens is 3. The van der Waals surface area contributed by atoms with Gasteiger partial charge in [0.05, 0.1) is 12.2 Å². The Bertz CT molecular complexity index is 746. The van der Waals surface area contributed by atoms with Crippen LogP contribution < -0.4 is 5.73 Å². The van der Waals surface area contributed by atoms with Gasteiger partial charge in [-0.2, -0.15) is 9.49 Å². The van der Waals surface area contributed by atoms with E-state index in [4.69, 9.17) is 15.7 Å². The lowest BCUT2D eigenvalue weighted by atomic mass is 10.2. The summed E-state index contributed by atoms with van der Waals surface area (Å²) in [6.45, 7) is 0.379. The molecule has 3 rings (SSSR count). The molecule has 0 unspecified atom stereocenters. The number of nitrogens with zero attached hydrogens (tertiary/aromatic N) is 3. The van der Waals surface area contributed by atoms with Crippen molar-refractivity contribution in [2.75, 3.05) is 0 Å². The van der Waals surface area contributed by atoms with Crippen molar-refractivity contribution in [1.29, 1.82) is 5.41 Å². The van der Waals surface area contributed by atoms with Gasteiger partial charge in [0.15, 0.2) is 5.13 Å². The summed E-state index contributed by atoms with van der Waals surface area (Å²) in [6, 6.07) is 6.45. The van der Waals surface area contributed by atoms with Crippen molar-refractivity contribution in [2.24, 2.45) is 5.73 Å². The fraction of sp³-hybridized carbons (Fsp3) is 0.0833. The number of hydrogen-bond donors (Lipinski definition) is 2. The van der Waals surface area contributed by atoms with E-state index in [1.54, 1.807) is 22.9 Å². The van der Waals surface area contributed by atoms with Crippen molar-refractivity contribution in [1.82, 2.24) is 14.9 Å². The number of amidine groups is 1. The zero-order valence-corrected chi connectivity index (χ0v) is 11.0. The Morgan fingerprint density at radius 2 is 2.30 bits per heavy atom. The fourth-order valence-electron chi connectivity index (χ4n) is 1.80. The summed E-state index contributed by atoms with van der Waals surface area (Å²) in [7, 11) is 0. The monoisotopic (exact) mass is 291 g/mol. The van der Waals surface area contributed by atoms with E-state index in [9.17, 15) is 4.39 Å². The molecule has 0 atom stereocenters. The molecule has 0 bridgehead atoms. The molecule has 0 saturated heterocycles. The Labute approximate surface area is 117 Å². The minimum atomic E-state index is -0.248. The molecular formula is C12H10FN5OS. The van der Waals surface area contributed by atoms with E-state index in [2.05, 4.69) is 10.3 Å². The van der Waals surface area contributed by atoms with Crippen LogP contribution >= 0.6 is 11.3 Å². The third-order valence-electron chi connectivity index (χ3n) is 2.69. The molecule has 0 saturated carbocycles. The predicted molar refractivity (Wildman–Crippen MR) is 72.1 cm³/mol. The standard InChI is InChI=1S/C12H10FN5OS/c13-11-2-1-7(20-11)6-18-10(8-3-4-19-17-8)5-9(16-18)12(14)15/h1-5H,6H2,(H3,14,15). The number of nitrogens with one attached hydrogen (secondary N) is 1. The van der Waals surface area contributed by atoms with Gasteiger partial charge in [0.1, 0.15) is 23.5 Å². The van der Waals surface area contributed by atoms with Gasteiger partial charge in [0.2, 0.25) is 0 Å². The normalized spacial score (nSPS) is 10.8. The summed E-state index contributed by atoms with van der Waals surface area (Å²) < 4.78 is 19.5. The lowest BCUT2D eigenvalue weighted by molar-refractivity contribution is 0.421. The van der Waals surface area contributed by atoms with Crippen molar-refractivity contribution in [3.63, 3.8) is 0 Å². The van der Waals surface area contributed by atoms with Crippen LogP contribution in [0.25, 0.3) is 11.4 Å². The summed E-state index contributed by atoms with van der Waals surface area (Å²) >= 11 is 1.05. The Morgan fingerprint density at radius 1 is 1.45 bits per heavy atom. The molecule has 3 aromatic rings.